The number of amides is 1. The summed E-state index contributed by atoms with van der Waals surface area (Å²) in [4.78, 5) is 16.0. The van der Waals surface area contributed by atoms with E-state index in [0.29, 0.717) is 17.5 Å². The van der Waals surface area contributed by atoms with Crippen molar-refractivity contribution < 1.29 is 13.9 Å². The Hall–Kier alpha value is -1.53. The van der Waals surface area contributed by atoms with Crippen LogP contribution in [0.1, 0.15) is 12.8 Å². The summed E-state index contributed by atoms with van der Waals surface area (Å²) in [6.07, 6.45) is 2.28. The minimum atomic E-state index is -0.0206. The van der Waals surface area contributed by atoms with Crippen molar-refractivity contribution >= 4 is 28.8 Å². The second-order valence-corrected chi connectivity index (χ2v) is 5.60. The zero-order valence-electron chi connectivity index (χ0n) is 11.0. The Bertz CT molecular complexity index is 560. The van der Waals surface area contributed by atoms with Gasteiger partial charge < -0.3 is 14.5 Å². The van der Waals surface area contributed by atoms with Gasteiger partial charge in [-0.1, -0.05) is 23.9 Å². The third-order valence-electron chi connectivity index (χ3n) is 3.15. The number of nitrogens with zero attached hydrogens (tertiary/aromatic N) is 1. The second kappa shape index (κ2) is 6.28. The number of para-hydroxylation sites is 2. The van der Waals surface area contributed by atoms with Crippen LogP contribution in [0.2, 0.25) is 0 Å². The van der Waals surface area contributed by atoms with Gasteiger partial charge in [0.25, 0.3) is 5.22 Å². The molecule has 0 saturated carbocycles. The molecule has 1 atom stereocenters. The highest BCUT2D eigenvalue weighted by Gasteiger charge is 2.16. The summed E-state index contributed by atoms with van der Waals surface area (Å²) in [5.74, 6) is 0.285. The maximum Gasteiger partial charge on any atom is 0.257 e. The molecule has 0 unspecified atom stereocenters. The smallest absolute Gasteiger partial charge is 0.257 e. The van der Waals surface area contributed by atoms with Gasteiger partial charge in [-0.15, -0.1) is 0 Å². The fourth-order valence-corrected chi connectivity index (χ4v) is 2.79. The minimum absolute atomic E-state index is 0.0206. The van der Waals surface area contributed by atoms with E-state index in [1.54, 1.807) is 0 Å². The SMILES string of the molecule is O=C(CSc1nc2ccccc2o1)NC[C@H]1CCCO1. The van der Waals surface area contributed by atoms with Crippen LogP contribution in [-0.4, -0.2) is 35.9 Å². The molecule has 1 amide bonds. The molecule has 1 N–H and O–H groups in total. The molecule has 1 aliphatic heterocycles. The van der Waals surface area contributed by atoms with Gasteiger partial charge in [0.1, 0.15) is 5.52 Å². The van der Waals surface area contributed by atoms with Gasteiger partial charge in [0, 0.05) is 13.2 Å². The van der Waals surface area contributed by atoms with Crippen LogP contribution < -0.4 is 5.32 Å². The molecule has 1 fully saturated rings. The number of benzene rings is 1. The molecule has 5 nitrogen and oxygen atoms in total. The summed E-state index contributed by atoms with van der Waals surface area (Å²) in [7, 11) is 0. The Morgan fingerprint density at radius 2 is 2.35 bits per heavy atom. The van der Waals surface area contributed by atoms with E-state index in [1.165, 1.54) is 11.8 Å². The predicted molar refractivity (Wildman–Crippen MR) is 76.7 cm³/mol. The van der Waals surface area contributed by atoms with Gasteiger partial charge in [-0.3, -0.25) is 4.79 Å². The number of ether oxygens (including phenoxy) is 1. The van der Waals surface area contributed by atoms with E-state index in [-0.39, 0.29) is 12.0 Å². The average Bonchev–Trinajstić information content (AvgIpc) is 3.11. The lowest BCUT2D eigenvalue weighted by Crippen LogP contribution is -2.32. The summed E-state index contributed by atoms with van der Waals surface area (Å²) in [5, 5.41) is 3.40. The lowest BCUT2D eigenvalue weighted by atomic mass is 10.2. The van der Waals surface area contributed by atoms with E-state index in [0.717, 1.165) is 30.5 Å². The standard InChI is InChI=1S/C14H16N2O3S/c17-13(15-8-10-4-3-7-18-10)9-20-14-16-11-5-1-2-6-12(11)19-14/h1-2,5-6,10H,3-4,7-9H2,(H,15,17)/t10-/m1/s1. The van der Waals surface area contributed by atoms with Gasteiger partial charge in [-0.05, 0) is 25.0 Å². The maximum atomic E-state index is 11.7. The number of rotatable bonds is 5. The quantitative estimate of drug-likeness (QED) is 0.856. The molecule has 0 spiro atoms. The number of hydrogen-bond donors (Lipinski definition) is 1. The zero-order chi connectivity index (χ0) is 13.8. The number of carbonyl (C=O) groups is 1. The van der Waals surface area contributed by atoms with E-state index >= 15 is 0 Å². The Kier molecular flexibility index (Phi) is 4.22. The number of nitrogens with one attached hydrogen (secondary N) is 1. The van der Waals surface area contributed by atoms with Crippen molar-refractivity contribution in [1.29, 1.82) is 0 Å². The fraction of sp³-hybridized carbons (Fsp3) is 0.429. The molecule has 0 radical (unpaired) electrons. The van der Waals surface area contributed by atoms with Crippen LogP contribution >= 0.6 is 11.8 Å². The third kappa shape index (κ3) is 3.32. The normalized spacial score (nSPS) is 18.5. The second-order valence-electron chi connectivity index (χ2n) is 4.68. The van der Waals surface area contributed by atoms with Gasteiger partial charge in [-0.25, -0.2) is 4.98 Å². The van der Waals surface area contributed by atoms with Crippen molar-refractivity contribution in [1.82, 2.24) is 10.3 Å². The molecule has 2 aromatic rings. The van der Waals surface area contributed by atoms with Crippen molar-refractivity contribution in [3.8, 4) is 0 Å². The molecule has 1 aromatic carbocycles. The summed E-state index contributed by atoms with van der Waals surface area (Å²) in [6, 6.07) is 7.56. The first-order valence-electron chi connectivity index (χ1n) is 6.68. The Morgan fingerprint density at radius 3 is 3.15 bits per heavy atom. The number of aromatic nitrogens is 1. The minimum Gasteiger partial charge on any atom is -0.431 e. The molecule has 6 heteroatoms. The largest absolute Gasteiger partial charge is 0.431 e. The highest BCUT2D eigenvalue weighted by Crippen LogP contribution is 2.22. The van der Waals surface area contributed by atoms with Crippen LogP contribution in [0, 0.1) is 0 Å². The van der Waals surface area contributed by atoms with E-state index in [2.05, 4.69) is 10.3 Å². The van der Waals surface area contributed by atoms with Crippen LogP contribution in [0.4, 0.5) is 0 Å². The fourth-order valence-electron chi connectivity index (χ4n) is 2.12. The van der Waals surface area contributed by atoms with Crippen molar-refractivity contribution in [3.05, 3.63) is 24.3 Å². The van der Waals surface area contributed by atoms with Crippen LogP contribution in [-0.2, 0) is 9.53 Å². The Morgan fingerprint density at radius 1 is 1.45 bits per heavy atom. The molecule has 3 rings (SSSR count). The maximum absolute atomic E-state index is 11.7. The lowest BCUT2D eigenvalue weighted by Gasteiger charge is -2.09. The van der Waals surface area contributed by atoms with Crippen LogP contribution in [0.5, 0.6) is 0 Å². The number of carbonyl (C=O) groups excluding carboxylic acids is 1. The topological polar surface area (TPSA) is 64.4 Å². The van der Waals surface area contributed by atoms with Gasteiger partial charge in [-0.2, -0.15) is 0 Å². The number of oxazole rings is 1. The van der Waals surface area contributed by atoms with E-state index in [9.17, 15) is 4.79 Å². The van der Waals surface area contributed by atoms with E-state index < -0.39 is 0 Å². The van der Waals surface area contributed by atoms with E-state index in [4.69, 9.17) is 9.15 Å². The van der Waals surface area contributed by atoms with Crippen molar-refractivity contribution in [2.75, 3.05) is 18.9 Å². The molecule has 20 heavy (non-hydrogen) atoms. The van der Waals surface area contributed by atoms with Crippen LogP contribution in [0.3, 0.4) is 0 Å². The predicted octanol–water partition coefficient (Wildman–Crippen LogP) is 2.22. The molecule has 1 aliphatic rings. The first-order chi connectivity index (χ1) is 9.81. The number of fused-ring (bicyclic) bond motifs is 1. The molecule has 2 heterocycles. The summed E-state index contributed by atoms with van der Waals surface area (Å²) in [6.45, 7) is 1.39. The van der Waals surface area contributed by atoms with Gasteiger partial charge in [0.15, 0.2) is 5.58 Å². The molecule has 106 valence electrons. The highest BCUT2D eigenvalue weighted by atomic mass is 32.2. The van der Waals surface area contributed by atoms with Gasteiger partial charge in [0.05, 0.1) is 11.9 Å². The Labute approximate surface area is 121 Å². The first-order valence-corrected chi connectivity index (χ1v) is 7.66. The summed E-state index contributed by atoms with van der Waals surface area (Å²) in [5.41, 5.74) is 1.56. The van der Waals surface area contributed by atoms with Crippen molar-refractivity contribution in [2.24, 2.45) is 0 Å². The summed E-state index contributed by atoms with van der Waals surface area (Å²) < 4.78 is 11.0. The molecule has 0 aliphatic carbocycles. The summed E-state index contributed by atoms with van der Waals surface area (Å²) >= 11 is 1.31. The van der Waals surface area contributed by atoms with Gasteiger partial charge in [0.2, 0.25) is 5.91 Å². The monoisotopic (exact) mass is 292 g/mol. The van der Waals surface area contributed by atoms with Crippen molar-refractivity contribution in [3.63, 3.8) is 0 Å². The number of thioether (sulfide) groups is 1. The highest BCUT2D eigenvalue weighted by molar-refractivity contribution is 7.99. The number of hydrogen-bond acceptors (Lipinski definition) is 5. The zero-order valence-corrected chi connectivity index (χ0v) is 11.8. The van der Waals surface area contributed by atoms with E-state index in [1.807, 2.05) is 24.3 Å². The molecular formula is C14H16N2O3S. The van der Waals surface area contributed by atoms with Crippen LogP contribution in [0.15, 0.2) is 33.9 Å². The molecule has 0 bridgehead atoms. The lowest BCUT2D eigenvalue weighted by molar-refractivity contribution is -0.119. The Balaban J connectivity index is 1.47. The molecule has 1 saturated heterocycles. The molecular weight excluding hydrogens is 276 g/mol. The average molecular weight is 292 g/mol. The van der Waals surface area contributed by atoms with Crippen molar-refractivity contribution in [2.45, 2.75) is 24.2 Å². The molecule has 1 aromatic heterocycles. The first kappa shape index (κ1) is 13.5. The van der Waals surface area contributed by atoms with Crippen LogP contribution in [0.25, 0.3) is 11.1 Å². The van der Waals surface area contributed by atoms with Gasteiger partial charge >= 0.3 is 0 Å². The third-order valence-corrected chi connectivity index (χ3v) is 3.98.